The van der Waals surface area contributed by atoms with Gasteiger partial charge in [0.1, 0.15) is 24.3 Å². The van der Waals surface area contributed by atoms with Crippen LogP contribution in [0.3, 0.4) is 0 Å². The molecule has 4 nitrogen and oxygen atoms in total. The molecular weight excluding hydrogens is 259 g/mol. The zero-order chi connectivity index (χ0) is 14.5. The van der Waals surface area contributed by atoms with Crippen molar-refractivity contribution >= 4 is 0 Å². The predicted molar refractivity (Wildman–Crippen MR) is 76.4 cm³/mol. The van der Waals surface area contributed by atoms with E-state index < -0.39 is 0 Å². The second-order valence-corrected chi connectivity index (χ2v) is 5.17. The minimum atomic E-state index is -0.322. The van der Waals surface area contributed by atoms with Gasteiger partial charge in [0.05, 0.1) is 6.61 Å². The molecule has 112 valence electrons. The molecule has 1 heterocycles. The van der Waals surface area contributed by atoms with Crippen molar-refractivity contribution in [2.75, 3.05) is 32.8 Å². The minimum absolute atomic E-state index is 0.0415. The quantitative estimate of drug-likeness (QED) is 0.896. The summed E-state index contributed by atoms with van der Waals surface area (Å²) < 4.78 is 25.0. The second-order valence-electron chi connectivity index (χ2n) is 5.17. The Labute approximate surface area is 119 Å². The first kappa shape index (κ1) is 15.2. The van der Waals surface area contributed by atoms with Gasteiger partial charge < -0.3 is 15.2 Å². The van der Waals surface area contributed by atoms with Gasteiger partial charge in [-0.25, -0.2) is 4.39 Å². The van der Waals surface area contributed by atoms with Gasteiger partial charge in [0.15, 0.2) is 0 Å². The van der Waals surface area contributed by atoms with Crippen molar-refractivity contribution in [2.45, 2.75) is 26.0 Å². The van der Waals surface area contributed by atoms with Gasteiger partial charge in [-0.3, -0.25) is 4.90 Å². The van der Waals surface area contributed by atoms with E-state index >= 15 is 0 Å². The summed E-state index contributed by atoms with van der Waals surface area (Å²) >= 11 is 0. The molecule has 0 bridgehead atoms. The summed E-state index contributed by atoms with van der Waals surface area (Å²) in [6.07, 6.45) is 0.0415. The number of likely N-dealkylation sites (N-methyl/N-ethyl adjacent to an activating group) is 1. The number of benzene rings is 1. The Morgan fingerprint density at radius 3 is 3.00 bits per heavy atom. The summed E-state index contributed by atoms with van der Waals surface area (Å²) in [6.45, 7) is 7.88. The van der Waals surface area contributed by atoms with Crippen molar-refractivity contribution in [1.82, 2.24) is 4.90 Å². The Balaban J connectivity index is 1.89. The lowest BCUT2D eigenvalue weighted by atomic mass is 10.1. The lowest BCUT2D eigenvalue weighted by molar-refractivity contribution is -0.0464. The zero-order valence-corrected chi connectivity index (χ0v) is 12.1. The molecule has 0 saturated carbocycles. The lowest BCUT2D eigenvalue weighted by Crippen LogP contribution is -2.44. The number of rotatable bonds is 5. The molecule has 5 heteroatoms. The van der Waals surface area contributed by atoms with E-state index in [9.17, 15) is 4.39 Å². The van der Waals surface area contributed by atoms with Gasteiger partial charge in [0, 0.05) is 30.8 Å². The van der Waals surface area contributed by atoms with Crippen LogP contribution in [0.4, 0.5) is 4.39 Å². The van der Waals surface area contributed by atoms with Gasteiger partial charge in [-0.05, 0) is 19.5 Å². The number of nitrogens with zero attached hydrogens (tertiary/aromatic N) is 1. The molecule has 2 N–H and O–H groups in total. The van der Waals surface area contributed by atoms with E-state index in [-0.39, 0.29) is 18.0 Å². The van der Waals surface area contributed by atoms with Gasteiger partial charge >= 0.3 is 0 Å². The van der Waals surface area contributed by atoms with Crippen molar-refractivity contribution in [3.05, 3.63) is 29.6 Å². The molecule has 1 saturated heterocycles. The van der Waals surface area contributed by atoms with E-state index in [1.54, 1.807) is 19.1 Å². The topological polar surface area (TPSA) is 47.7 Å². The molecule has 2 atom stereocenters. The second kappa shape index (κ2) is 7.02. The van der Waals surface area contributed by atoms with Crippen LogP contribution >= 0.6 is 0 Å². The van der Waals surface area contributed by atoms with Crippen molar-refractivity contribution in [2.24, 2.45) is 5.73 Å². The van der Waals surface area contributed by atoms with E-state index in [1.165, 1.54) is 6.07 Å². The molecule has 1 aromatic rings. The smallest absolute Gasteiger partial charge is 0.131 e. The number of morpholine rings is 1. The van der Waals surface area contributed by atoms with Crippen LogP contribution in [-0.2, 0) is 4.74 Å². The molecule has 20 heavy (non-hydrogen) atoms. The van der Waals surface area contributed by atoms with Crippen molar-refractivity contribution in [3.8, 4) is 5.75 Å². The summed E-state index contributed by atoms with van der Waals surface area (Å²) in [4.78, 5) is 2.32. The maximum Gasteiger partial charge on any atom is 0.131 e. The lowest BCUT2D eigenvalue weighted by Gasteiger charge is -2.31. The average Bonchev–Trinajstić information content (AvgIpc) is 2.45. The van der Waals surface area contributed by atoms with Crippen molar-refractivity contribution in [1.29, 1.82) is 0 Å². The number of ether oxygens (including phenoxy) is 2. The van der Waals surface area contributed by atoms with Crippen molar-refractivity contribution in [3.63, 3.8) is 0 Å². The van der Waals surface area contributed by atoms with Crippen LogP contribution in [0.15, 0.2) is 18.2 Å². The fourth-order valence-electron chi connectivity index (χ4n) is 2.32. The van der Waals surface area contributed by atoms with E-state index in [4.69, 9.17) is 15.2 Å². The number of hydrogen-bond donors (Lipinski definition) is 1. The summed E-state index contributed by atoms with van der Waals surface area (Å²) in [6, 6.07) is 4.50. The number of nitrogens with two attached hydrogens (primary N) is 1. The Morgan fingerprint density at radius 2 is 2.35 bits per heavy atom. The van der Waals surface area contributed by atoms with Crippen LogP contribution in [0.2, 0.25) is 0 Å². The van der Waals surface area contributed by atoms with Gasteiger partial charge in [-0.1, -0.05) is 13.0 Å². The highest BCUT2D eigenvalue weighted by Crippen LogP contribution is 2.21. The van der Waals surface area contributed by atoms with E-state index in [1.807, 2.05) is 0 Å². The van der Waals surface area contributed by atoms with Crippen LogP contribution < -0.4 is 10.5 Å². The Kier molecular flexibility index (Phi) is 5.34. The van der Waals surface area contributed by atoms with Crippen LogP contribution in [-0.4, -0.2) is 43.9 Å². The van der Waals surface area contributed by atoms with E-state index in [0.717, 1.165) is 26.2 Å². The molecule has 0 aliphatic carbocycles. The normalized spacial score (nSPS) is 21.7. The third-order valence-electron chi connectivity index (χ3n) is 3.57. The first-order valence-corrected chi connectivity index (χ1v) is 7.12. The van der Waals surface area contributed by atoms with Gasteiger partial charge in [-0.2, -0.15) is 0 Å². The molecule has 2 rings (SSSR count). The third-order valence-corrected chi connectivity index (χ3v) is 3.57. The molecule has 0 aromatic heterocycles. The summed E-state index contributed by atoms with van der Waals surface area (Å²) in [7, 11) is 0. The fraction of sp³-hybridized carbons (Fsp3) is 0.600. The molecule has 1 aliphatic rings. The van der Waals surface area contributed by atoms with Gasteiger partial charge in [0.25, 0.3) is 0 Å². The molecule has 1 fully saturated rings. The molecule has 0 spiro atoms. The van der Waals surface area contributed by atoms with E-state index in [2.05, 4.69) is 11.8 Å². The van der Waals surface area contributed by atoms with Gasteiger partial charge in [-0.15, -0.1) is 0 Å². The Morgan fingerprint density at radius 1 is 1.55 bits per heavy atom. The highest BCUT2D eigenvalue weighted by Gasteiger charge is 2.20. The van der Waals surface area contributed by atoms with Crippen LogP contribution in [0.5, 0.6) is 5.75 Å². The molecular formula is C15H23FN2O2. The van der Waals surface area contributed by atoms with Crippen molar-refractivity contribution < 1.29 is 13.9 Å². The molecule has 1 aromatic carbocycles. The maximum atomic E-state index is 13.8. The Hall–Kier alpha value is -1.17. The van der Waals surface area contributed by atoms with E-state index in [0.29, 0.717) is 17.9 Å². The number of halogens is 1. The Bertz CT molecular complexity index is 440. The summed E-state index contributed by atoms with van der Waals surface area (Å²) in [5.41, 5.74) is 6.18. The minimum Gasteiger partial charge on any atom is -0.491 e. The van der Waals surface area contributed by atoms with Crippen LogP contribution in [0.25, 0.3) is 0 Å². The largest absolute Gasteiger partial charge is 0.491 e. The average molecular weight is 282 g/mol. The summed E-state index contributed by atoms with van der Waals surface area (Å²) in [5.74, 6) is 0.196. The zero-order valence-electron chi connectivity index (χ0n) is 12.1. The molecule has 2 unspecified atom stereocenters. The highest BCUT2D eigenvalue weighted by molar-refractivity contribution is 5.30. The van der Waals surface area contributed by atoms with Crippen LogP contribution in [0.1, 0.15) is 25.5 Å². The predicted octanol–water partition coefficient (Wildman–Crippen LogP) is 1.94. The maximum absolute atomic E-state index is 13.8. The first-order chi connectivity index (χ1) is 9.60. The first-order valence-electron chi connectivity index (χ1n) is 7.12. The monoisotopic (exact) mass is 282 g/mol. The van der Waals surface area contributed by atoms with Gasteiger partial charge in [0.2, 0.25) is 0 Å². The molecule has 0 amide bonds. The molecule has 0 radical (unpaired) electrons. The standard InChI is InChI=1S/C15H23FN2O2/c1-3-18-6-7-19-13(9-18)10-20-12-4-5-14(11(2)17)15(16)8-12/h4-5,8,11,13H,3,6-7,9-10,17H2,1-2H3. The fourth-order valence-corrected chi connectivity index (χ4v) is 2.32. The van der Waals surface area contributed by atoms with Crippen LogP contribution in [0, 0.1) is 5.82 Å². The molecule has 1 aliphatic heterocycles. The third kappa shape index (κ3) is 3.91. The number of hydrogen-bond acceptors (Lipinski definition) is 4. The summed E-state index contributed by atoms with van der Waals surface area (Å²) in [5, 5.41) is 0. The SMILES string of the molecule is CCN1CCOC(COc2ccc(C(C)N)c(F)c2)C1. The highest BCUT2D eigenvalue weighted by atomic mass is 19.1.